The molecule has 0 aromatic rings. The van der Waals surface area contributed by atoms with Gasteiger partial charge in [-0.25, -0.2) is 4.79 Å². The van der Waals surface area contributed by atoms with Crippen molar-refractivity contribution in [2.75, 3.05) is 13.2 Å². The average molecular weight is 509 g/mol. The van der Waals surface area contributed by atoms with E-state index in [1.165, 1.54) is 18.7 Å². The second-order valence-electron chi connectivity index (χ2n) is 9.38. The summed E-state index contributed by atoms with van der Waals surface area (Å²) in [7, 11) is 0. The molecule has 1 aliphatic rings. The highest BCUT2D eigenvalue weighted by Gasteiger charge is 2.46. The van der Waals surface area contributed by atoms with Crippen molar-refractivity contribution in [1.29, 1.82) is 0 Å². The first kappa shape index (κ1) is 30.7. The number of amides is 2. The molecule has 1 saturated heterocycles. The minimum Gasteiger partial charge on any atom is -0.481 e. The minimum absolute atomic E-state index is 0.194. The Morgan fingerprint density at radius 3 is 2.03 bits per heavy atom. The number of carbonyl (C=O) groups excluding carboxylic acids is 3. The maximum absolute atomic E-state index is 12.8. The lowest BCUT2D eigenvalue weighted by Crippen LogP contribution is -2.55. The van der Waals surface area contributed by atoms with Crippen molar-refractivity contribution in [1.82, 2.24) is 10.2 Å². The van der Waals surface area contributed by atoms with E-state index in [9.17, 15) is 32.3 Å². The van der Waals surface area contributed by atoms with Crippen LogP contribution in [0.5, 0.6) is 0 Å². The summed E-state index contributed by atoms with van der Waals surface area (Å²) in [6, 6.07) is -2.66. The molecule has 0 radical (unpaired) electrons. The first-order valence-electron chi connectivity index (χ1n) is 12.5. The summed E-state index contributed by atoms with van der Waals surface area (Å²) in [6.45, 7) is 3.29. The molecule has 2 atom stereocenters. The molecule has 0 aromatic heterocycles. The number of likely N-dealkylation sites (tertiary alicyclic amines) is 1. The number of halogens is 3. The van der Waals surface area contributed by atoms with Crippen molar-refractivity contribution in [2.24, 2.45) is 5.92 Å². The van der Waals surface area contributed by atoms with Crippen molar-refractivity contribution in [3.63, 3.8) is 0 Å². The molecule has 0 bridgehead atoms. The number of carboxylic acids is 1. The van der Waals surface area contributed by atoms with Gasteiger partial charge in [-0.3, -0.25) is 19.3 Å². The SMILES string of the molecule is CC(C)C(NC(=O)[C@@H]1CCCN1C(=O)OCCCCCCCCCCCC(=O)O)C(=O)C(F)(F)F. The summed E-state index contributed by atoms with van der Waals surface area (Å²) in [6.07, 6.45) is 3.70. The molecular weight excluding hydrogens is 469 g/mol. The highest BCUT2D eigenvalue weighted by molar-refractivity contribution is 5.95. The van der Waals surface area contributed by atoms with Crippen LogP contribution in [0.1, 0.15) is 90.9 Å². The normalized spacial score (nSPS) is 16.9. The summed E-state index contributed by atoms with van der Waals surface area (Å²) in [5.74, 6) is -4.30. The molecule has 1 aliphatic heterocycles. The molecule has 35 heavy (non-hydrogen) atoms. The number of Topliss-reactive ketones (excluding diaryl/α,β-unsaturated/α-hetero) is 1. The molecule has 0 saturated carbocycles. The third-order valence-electron chi connectivity index (χ3n) is 6.08. The fourth-order valence-corrected chi connectivity index (χ4v) is 4.08. The first-order valence-corrected chi connectivity index (χ1v) is 12.5. The Kier molecular flexibility index (Phi) is 13.7. The fourth-order valence-electron chi connectivity index (χ4n) is 4.08. The van der Waals surface area contributed by atoms with Gasteiger partial charge in [-0.2, -0.15) is 13.2 Å². The van der Waals surface area contributed by atoms with E-state index in [4.69, 9.17) is 9.84 Å². The zero-order valence-corrected chi connectivity index (χ0v) is 20.7. The number of nitrogens with zero attached hydrogens (tertiary/aromatic N) is 1. The predicted octanol–water partition coefficient (Wildman–Crippen LogP) is 4.85. The van der Waals surface area contributed by atoms with Gasteiger partial charge in [0.2, 0.25) is 5.91 Å². The van der Waals surface area contributed by atoms with Crippen LogP contribution in [0.4, 0.5) is 18.0 Å². The highest BCUT2D eigenvalue weighted by atomic mass is 19.4. The van der Waals surface area contributed by atoms with Crippen molar-refractivity contribution >= 4 is 23.8 Å². The molecule has 1 unspecified atom stereocenters. The van der Waals surface area contributed by atoms with Crippen LogP contribution in [-0.2, 0) is 19.1 Å². The van der Waals surface area contributed by atoms with Gasteiger partial charge in [0.25, 0.3) is 5.78 Å². The van der Waals surface area contributed by atoms with Gasteiger partial charge in [-0.1, -0.05) is 58.8 Å². The third-order valence-corrected chi connectivity index (χ3v) is 6.08. The summed E-state index contributed by atoms with van der Waals surface area (Å²) in [5, 5.41) is 10.8. The number of nitrogens with one attached hydrogen (secondary N) is 1. The molecule has 1 fully saturated rings. The number of rotatable bonds is 16. The molecule has 0 aromatic carbocycles. The van der Waals surface area contributed by atoms with Crippen molar-refractivity contribution in [2.45, 2.75) is 109 Å². The van der Waals surface area contributed by atoms with E-state index >= 15 is 0 Å². The Morgan fingerprint density at radius 2 is 1.51 bits per heavy atom. The Morgan fingerprint density at radius 1 is 0.971 bits per heavy atom. The van der Waals surface area contributed by atoms with Crippen LogP contribution in [0, 0.1) is 5.92 Å². The van der Waals surface area contributed by atoms with E-state index in [1.54, 1.807) is 0 Å². The fraction of sp³-hybridized carbons (Fsp3) is 0.833. The molecule has 202 valence electrons. The molecule has 8 nitrogen and oxygen atoms in total. The predicted molar refractivity (Wildman–Crippen MR) is 123 cm³/mol. The molecular formula is C24H39F3N2O6. The van der Waals surface area contributed by atoms with Crippen LogP contribution in [0.25, 0.3) is 0 Å². The number of hydrogen-bond donors (Lipinski definition) is 2. The second-order valence-corrected chi connectivity index (χ2v) is 9.38. The number of hydrogen-bond acceptors (Lipinski definition) is 5. The van der Waals surface area contributed by atoms with Gasteiger partial charge in [0.1, 0.15) is 6.04 Å². The maximum atomic E-state index is 12.8. The second kappa shape index (κ2) is 15.6. The molecule has 1 heterocycles. The number of alkyl halides is 3. The van der Waals surface area contributed by atoms with Gasteiger partial charge in [0.15, 0.2) is 0 Å². The molecule has 2 amide bonds. The van der Waals surface area contributed by atoms with E-state index in [0.717, 1.165) is 44.9 Å². The highest BCUT2D eigenvalue weighted by Crippen LogP contribution is 2.23. The summed E-state index contributed by atoms with van der Waals surface area (Å²) < 4.78 is 43.8. The van der Waals surface area contributed by atoms with Crippen molar-refractivity contribution in [3.8, 4) is 0 Å². The average Bonchev–Trinajstić information content (AvgIpc) is 3.26. The van der Waals surface area contributed by atoms with Gasteiger partial charge in [0.05, 0.1) is 12.6 Å². The maximum Gasteiger partial charge on any atom is 0.452 e. The summed E-state index contributed by atoms with van der Waals surface area (Å²) >= 11 is 0. The Bertz CT molecular complexity index is 699. The monoisotopic (exact) mass is 508 g/mol. The van der Waals surface area contributed by atoms with Crippen LogP contribution >= 0.6 is 0 Å². The first-order chi connectivity index (χ1) is 16.4. The van der Waals surface area contributed by atoms with Gasteiger partial charge in [-0.15, -0.1) is 0 Å². The van der Waals surface area contributed by atoms with Crippen LogP contribution < -0.4 is 5.32 Å². The summed E-state index contributed by atoms with van der Waals surface area (Å²) in [5.41, 5.74) is 0. The van der Waals surface area contributed by atoms with Crippen LogP contribution in [0.3, 0.4) is 0 Å². The molecule has 0 aliphatic carbocycles. The van der Waals surface area contributed by atoms with Crippen molar-refractivity contribution < 1.29 is 42.2 Å². The van der Waals surface area contributed by atoms with Gasteiger partial charge in [0, 0.05) is 13.0 Å². The largest absolute Gasteiger partial charge is 0.481 e. The van der Waals surface area contributed by atoms with Crippen molar-refractivity contribution in [3.05, 3.63) is 0 Å². The molecule has 0 spiro atoms. The Hall–Kier alpha value is -2.33. The van der Waals surface area contributed by atoms with Gasteiger partial charge < -0.3 is 15.2 Å². The number of carbonyl (C=O) groups is 4. The smallest absolute Gasteiger partial charge is 0.452 e. The van der Waals surface area contributed by atoms with Crippen LogP contribution in [0.15, 0.2) is 0 Å². The van der Waals surface area contributed by atoms with E-state index in [0.29, 0.717) is 25.7 Å². The number of ketones is 1. The van der Waals surface area contributed by atoms with E-state index in [1.807, 2.05) is 0 Å². The van der Waals surface area contributed by atoms with Crippen LogP contribution in [-0.4, -0.2) is 65.2 Å². The van der Waals surface area contributed by atoms with Gasteiger partial charge >= 0.3 is 18.2 Å². The third kappa shape index (κ3) is 11.8. The number of aliphatic carboxylic acids is 1. The summed E-state index contributed by atoms with van der Waals surface area (Å²) in [4.78, 5) is 48.3. The van der Waals surface area contributed by atoms with Gasteiger partial charge in [-0.05, 0) is 31.6 Å². The zero-order chi connectivity index (χ0) is 26.4. The quantitative estimate of drug-likeness (QED) is 0.288. The topological polar surface area (TPSA) is 113 Å². The van der Waals surface area contributed by atoms with E-state index < -0.39 is 47.9 Å². The molecule has 2 N–H and O–H groups in total. The standard InChI is InChI=1S/C24H39F3N2O6/c1-17(2)20(21(32)24(25,26)27)28-22(33)18-13-12-15-29(18)23(34)35-16-11-9-7-5-3-4-6-8-10-14-19(30)31/h17-18,20H,3-16H2,1-2H3,(H,28,33)(H,30,31)/t18-,20?/m0/s1. The zero-order valence-electron chi connectivity index (χ0n) is 20.7. The number of unbranched alkanes of at least 4 members (excludes halogenated alkanes) is 8. The lowest BCUT2D eigenvalue weighted by Gasteiger charge is -2.27. The minimum atomic E-state index is -5.06. The number of carboxylic acid groups (broad SMARTS) is 1. The number of ether oxygens (including phenoxy) is 1. The van der Waals surface area contributed by atoms with Crippen LogP contribution in [0.2, 0.25) is 0 Å². The lowest BCUT2D eigenvalue weighted by molar-refractivity contribution is -0.175. The van der Waals surface area contributed by atoms with E-state index in [-0.39, 0.29) is 19.6 Å². The Labute approximate surface area is 204 Å². The van der Waals surface area contributed by atoms with E-state index in [2.05, 4.69) is 5.32 Å². The molecule has 11 heteroatoms. The Balaban J connectivity index is 2.29. The molecule has 1 rings (SSSR count). The lowest BCUT2D eigenvalue weighted by atomic mass is 9.98.